The Kier molecular flexibility index (Phi) is 6.20. The van der Waals surface area contributed by atoms with Crippen molar-refractivity contribution in [3.8, 4) is 0 Å². The second-order valence-electron chi connectivity index (χ2n) is 6.25. The first-order chi connectivity index (χ1) is 10.5. The maximum absolute atomic E-state index is 11.1. The maximum atomic E-state index is 11.1. The minimum Gasteiger partial charge on any atom is -0.469 e. The van der Waals surface area contributed by atoms with E-state index in [0.29, 0.717) is 12.8 Å². The average Bonchev–Trinajstić information content (AvgIpc) is 2.99. The molecule has 0 bridgehead atoms. The number of carbonyl (C=O) groups excluding carboxylic acids is 2. The third-order valence-electron chi connectivity index (χ3n) is 4.78. The van der Waals surface area contributed by atoms with Crippen molar-refractivity contribution in [2.24, 2.45) is 11.8 Å². The molecule has 5 atom stereocenters. The van der Waals surface area contributed by atoms with Gasteiger partial charge in [-0.3, -0.25) is 9.59 Å². The number of ether oxygens (including phenoxy) is 3. The molecule has 2 rings (SSSR count). The Bertz CT molecular complexity index is 396. The van der Waals surface area contributed by atoms with E-state index in [9.17, 15) is 14.7 Å². The molecule has 1 saturated heterocycles. The molecule has 0 amide bonds. The standard InChI is InChI=1S/C16H26O6/c1-10(18)21-15-8-14-12(13(15)9-17)7-11(22-14)5-3-4-6-16(19)20-2/h11-15,17H,3-9H2,1-2H3/t11-,12-,13+,14+,15-/m1/s1. The zero-order valence-corrected chi connectivity index (χ0v) is 13.3. The highest BCUT2D eigenvalue weighted by atomic mass is 16.6. The Morgan fingerprint density at radius 2 is 2.05 bits per heavy atom. The predicted octanol–water partition coefficient (Wildman–Crippen LogP) is 1.44. The highest BCUT2D eigenvalue weighted by Crippen LogP contribution is 2.45. The van der Waals surface area contributed by atoms with E-state index in [0.717, 1.165) is 25.7 Å². The van der Waals surface area contributed by atoms with E-state index in [-0.39, 0.29) is 48.7 Å². The van der Waals surface area contributed by atoms with Crippen LogP contribution in [0.2, 0.25) is 0 Å². The van der Waals surface area contributed by atoms with E-state index in [1.165, 1.54) is 14.0 Å². The van der Waals surface area contributed by atoms with Gasteiger partial charge in [0.2, 0.25) is 0 Å². The van der Waals surface area contributed by atoms with Gasteiger partial charge in [0.25, 0.3) is 0 Å². The molecule has 1 saturated carbocycles. The Morgan fingerprint density at radius 1 is 1.27 bits per heavy atom. The van der Waals surface area contributed by atoms with Crippen molar-refractivity contribution in [1.29, 1.82) is 0 Å². The van der Waals surface area contributed by atoms with Crippen molar-refractivity contribution in [3.05, 3.63) is 0 Å². The molecule has 2 aliphatic rings. The van der Waals surface area contributed by atoms with Crippen molar-refractivity contribution in [3.63, 3.8) is 0 Å². The Balaban J connectivity index is 1.74. The number of hydrogen-bond acceptors (Lipinski definition) is 6. The fourth-order valence-corrected chi connectivity index (χ4v) is 3.75. The van der Waals surface area contributed by atoms with Gasteiger partial charge in [0.1, 0.15) is 6.10 Å². The van der Waals surface area contributed by atoms with Gasteiger partial charge in [0.05, 0.1) is 19.3 Å². The quantitative estimate of drug-likeness (QED) is 0.565. The summed E-state index contributed by atoms with van der Waals surface area (Å²) in [6.07, 6.45) is 4.70. The van der Waals surface area contributed by atoms with Crippen LogP contribution in [0.4, 0.5) is 0 Å². The van der Waals surface area contributed by atoms with Gasteiger partial charge in [0, 0.05) is 32.3 Å². The molecule has 1 heterocycles. The average molecular weight is 314 g/mol. The van der Waals surface area contributed by atoms with Gasteiger partial charge in [-0.25, -0.2) is 0 Å². The fourth-order valence-electron chi connectivity index (χ4n) is 3.75. The van der Waals surface area contributed by atoms with Crippen LogP contribution in [0.5, 0.6) is 0 Å². The summed E-state index contributed by atoms with van der Waals surface area (Å²) in [5.41, 5.74) is 0. The Labute approximate surface area is 131 Å². The third-order valence-corrected chi connectivity index (χ3v) is 4.78. The molecule has 0 aromatic rings. The van der Waals surface area contributed by atoms with Crippen LogP contribution < -0.4 is 0 Å². The number of fused-ring (bicyclic) bond motifs is 1. The molecule has 0 aromatic carbocycles. The molecular formula is C16H26O6. The molecule has 0 spiro atoms. The lowest BCUT2D eigenvalue weighted by molar-refractivity contribution is -0.149. The predicted molar refractivity (Wildman–Crippen MR) is 78.0 cm³/mol. The molecule has 126 valence electrons. The van der Waals surface area contributed by atoms with E-state index in [1.807, 2.05) is 0 Å². The molecule has 1 aliphatic heterocycles. The van der Waals surface area contributed by atoms with Crippen LogP contribution in [0.1, 0.15) is 45.4 Å². The van der Waals surface area contributed by atoms with Crippen LogP contribution in [-0.2, 0) is 23.8 Å². The van der Waals surface area contributed by atoms with Crippen molar-refractivity contribution in [1.82, 2.24) is 0 Å². The highest BCUT2D eigenvalue weighted by molar-refractivity contribution is 5.69. The van der Waals surface area contributed by atoms with Gasteiger partial charge in [-0.05, 0) is 25.2 Å². The Morgan fingerprint density at radius 3 is 2.68 bits per heavy atom. The topological polar surface area (TPSA) is 82.1 Å². The second kappa shape index (κ2) is 7.92. The summed E-state index contributed by atoms with van der Waals surface area (Å²) in [6, 6.07) is 0. The van der Waals surface area contributed by atoms with Crippen LogP contribution in [0.15, 0.2) is 0 Å². The summed E-state index contributed by atoms with van der Waals surface area (Å²) in [5.74, 6) is -0.231. The smallest absolute Gasteiger partial charge is 0.305 e. The lowest BCUT2D eigenvalue weighted by Crippen LogP contribution is -2.28. The Hall–Kier alpha value is -1.14. The SMILES string of the molecule is COC(=O)CCCC[C@@H]1C[C@@H]2[C@H](CO)[C@H](OC(C)=O)C[C@@H]2O1. The summed E-state index contributed by atoms with van der Waals surface area (Å²) in [4.78, 5) is 22.2. The number of methoxy groups -OCH3 is 1. The van der Waals surface area contributed by atoms with Crippen molar-refractivity contribution in [2.75, 3.05) is 13.7 Å². The van der Waals surface area contributed by atoms with E-state index in [1.54, 1.807) is 0 Å². The monoisotopic (exact) mass is 314 g/mol. The van der Waals surface area contributed by atoms with Gasteiger partial charge in [-0.15, -0.1) is 0 Å². The molecule has 0 unspecified atom stereocenters. The lowest BCUT2D eigenvalue weighted by Gasteiger charge is -2.21. The minimum absolute atomic E-state index is 0.0195. The molecule has 6 heteroatoms. The van der Waals surface area contributed by atoms with Crippen molar-refractivity contribution < 1.29 is 28.9 Å². The summed E-state index contributed by atoms with van der Waals surface area (Å²) >= 11 is 0. The number of unbranched alkanes of at least 4 members (excludes halogenated alkanes) is 1. The normalized spacial score (nSPS) is 33.5. The summed E-state index contributed by atoms with van der Waals surface area (Å²) in [7, 11) is 1.40. The van der Waals surface area contributed by atoms with Crippen LogP contribution in [-0.4, -0.2) is 49.1 Å². The van der Waals surface area contributed by atoms with Gasteiger partial charge < -0.3 is 19.3 Å². The molecule has 6 nitrogen and oxygen atoms in total. The maximum Gasteiger partial charge on any atom is 0.305 e. The number of aliphatic hydroxyl groups is 1. The summed E-state index contributed by atoms with van der Waals surface area (Å²) in [5, 5.41) is 9.59. The van der Waals surface area contributed by atoms with Gasteiger partial charge in [-0.1, -0.05) is 6.42 Å². The van der Waals surface area contributed by atoms with Crippen LogP contribution in [0.25, 0.3) is 0 Å². The first-order valence-corrected chi connectivity index (χ1v) is 8.05. The van der Waals surface area contributed by atoms with E-state index in [4.69, 9.17) is 9.47 Å². The van der Waals surface area contributed by atoms with Crippen molar-refractivity contribution in [2.45, 2.75) is 63.8 Å². The minimum atomic E-state index is -0.303. The van der Waals surface area contributed by atoms with Crippen LogP contribution >= 0.6 is 0 Å². The number of aliphatic hydroxyl groups excluding tert-OH is 1. The molecule has 0 aromatic heterocycles. The van der Waals surface area contributed by atoms with Crippen molar-refractivity contribution >= 4 is 11.9 Å². The first-order valence-electron chi connectivity index (χ1n) is 8.05. The van der Waals surface area contributed by atoms with E-state index < -0.39 is 0 Å². The fraction of sp³-hybridized carbons (Fsp3) is 0.875. The molecule has 0 radical (unpaired) electrons. The number of hydrogen-bond donors (Lipinski definition) is 1. The largest absolute Gasteiger partial charge is 0.469 e. The molecule has 2 fully saturated rings. The molecular weight excluding hydrogens is 288 g/mol. The highest BCUT2D eigenvalue weighted by Gasteiger charge is 2.50. The van der Waals surface area contributed by atoms with Gasteiger partial charge in [0.15, 0.2) is 0 Å². The van der Waals surface area contributed by atoms with Gasteiger partial charge in [-0.2, -0.15) is 0 Å². The number of rotatable bonds is 7. The number of esters is 2. The van der Waals surface area contributed by atoms with Crippen LogP contribution in [0, 0.1) is 11.8 Å². The van der Waals surface area contributed by atoms with Gasteiger partial charge >= 0.3 is 11.9 Å². The molecule has 1 N–H and O–H groups in total. The number of carbonyl (C=O) groups is 2. The zero-order chi connectivity index (χ0) is 16.1. The first kappa shape index (κ1) is 17.2. The zero-order valence-electron chi connectivity index (χ0n) is 13.3. The lowest BCUT2D eigenvalue weighted by atomic mass is 9.90. The summed E-state index contributed by atoms with van der Waals surface area (Å²) < 4.78 is 16.0. The second-order valence-corrected chi connectivity index (χ2v) is 6.25. The third kappa shape index (κ3) is 4.20. The van der Waals surface area contributed by atoms with E-state index in [2.05, 4.69) is 4.74 Å². The van der Waals surface area contributed by atoms with Crippen LogP contribution in [0.3, 0.4) is 0 Å². The molecule has 22 heavy (non-hydrogen) atoms. The molecule has 1 aliphatic carbocycles. The summed E-state index contributed by atoms with van der Waals surface area (Å²) in [6.45, 7) is 1.42. The van der Waals surface area contributed by atoms with E-state index >= 15 is 0 Å².